The molecule has 3 nitrogen and oxygen atoms in total. The van der Waals surface area contributed by atoms with Crippen LogP contribution in [0.2, 0.25) is 0 Å². The lowest BCUT2D eigenvalue weighted by Crippen LogP contribution is -2.21. The molecule has 2 aliphatic carbocycles. The molecule has 1 unspecified atom stereocenters. The first-order valence-electron chi connectivity index (χ1n) is 8.68. The molecule has 4 heteroatoms. The number of thioether (sulfide) groups is 1. The highest BCUT2D eigenvalue weighted by molar-refractivity contribution is 8.00. The van der Waals surface area contributed by atoms with Crippen LogP contribution >= 0.6 is 11.8 Å². The Balaban J connectivity index is 1.73. The average Bonchev–Trinajstić information content (AvgIpc) is 2.95. The van der Waals surface area contributed by atoms with Gasteiger partial charge in [-0.1, -0.05) is 36.4 Å². The van der Waals surface area contributed by atoms with E-state index in [4.69, 9.17) is 4.98 Å². The fourth-order valence-electron chi connectivity index (χ4n) is 3.64. The van der Waals surface area contributed by atoms with Gasteiger partial charge in [0.2, 0.25) is 0 Å². The van der Waals surface area contributed by atoms with E-state index in [0.29, 0.717) is 5.78 Å². The maximum atomic E-state index is 12.2. The quantitative estimate of drug-likeness (QED) is 0.841. The molecule has 1 saturated carbocycles. The van der Waals surface area contributed by atoms with Crippen LogP contribution in [-0.2, 0) is 17.6 Å². The SMILES string of the molecule is O=C1CCCCC1Sc1nc2c(n1-c1ccccc1)CCCC2. The van der Waals surface area contributed by atoms with Crippen LogP contribution in [0.4, 0.5) is 0 Å². The summed E-state index contributed by atoms with van der Waals surface area (Å²) < 4.78 is 2.31. The van der Waals surface area contributed by atoms with Crippen LogP contribution in [0, 0.1) is 0 Å². The molecule has 0 N–H and O–H groups in total. The molecule has 1 heterocycles. The number of nitrogens with zero attached hydrogens (tertiary/aromatic N) is 2. The molecule has 23 heavy (non-hydrogen) atoms. The summed E-state index contributed by atoms with van der Waals surface area (Å²) in [5.74, 6) is 0.404. The molecule has 1 fully saturated rings. The van der Waals surface area contributed by atoms with E-state index in [1.165, 1.54) is 29.9 Å². The number of benzene rings is 1. The predicted molar refractivity (Wildman–Crippen MR) is 93.3 cm³/mol. The van der Waals surface area contributed by atoms with Crippen LogP contribution in [0.25, 0.3) is 5.69 Å². The first-order chi connectivity index (χ1) is 11.3. The van der Waals surface area contributed by atoms with Crippen molar-refractivity contribution in [2.45, 2.75) is 61.8 Å². The number of rotatable bonds is 3. The minimum atomic E-state index is 0.0927. The number of para-hydroxylation sites is 1. The number of hydrogen-bond donors (Lipinski definition) is 0. The van der Waals surface area contributed by atoms with Crippen LogP contribution < -0.4 is 0 Å². The fraction of sp³-hybridized carbons (Fsp3) is 0.474. The van der Waals surface area contributed by atoms with E-state index in [1.807, 2.05) is 6.07 Å². The molecule has 0 aliphatic heterocycles. The van der Waals surface area contributed by atoms with Gasteiger partial charge in [-0.15, -0.1) is 0 Å². The molecule has 1 aromatic heterocycles. The molecule has 2 aliphatic rings. The number of ketones is 1. The number of carbonyl (C=O) groups excluding carboxylic acids is 1. The van der Waals surface area contributed by atoms with Crippen molar-refractivity contribution in [1.82, 2.24) is 9.55 Å². The van der Waals surface area contributed by atoms with E-state index >= 15 is 0 Å². The molecule has 1 aromatic carbocycles. The minimum absolute atomic E-state index is 0.0927. The Labute approximate surface area is 141 Å². The van der Waals surface area contributed by atoms with Crippen LogP contribution in [0.5, 0.6) is 0 Å². The van der Waals surface area contributed by atoms with Crippen LogP contribution in [0.1, 0.15) is 49.9 Å². The van der Waals surface area contributed by atoms with Crippen molar-refractivity contribution in [3.63, 3.8) is 0 Å². The summed E-state index contributed by atoms with van der Waals surface area (Å²) in [7, 11) is 0. The van der Waals surface area contributed by atoms with Crippen molar-refractivity contribution in [3.8, 4) is 5.69 Å². The standard InChI is InChI=1S/C19H22N2OS/c22-17-12-6-7-13-18(17)23-19-20-15-10-4-5-11-16(15)21(19)14-8-2-1-3-9-14/h1-3,8-9,18H,4-7,10-13H2. The molecule has 0 saturated heterocycles. The molecule has 2 aromatic rings. The van der Waals surface area contributed by atoms with Crippen LogP contribution in [-0.4, -0.2) is 20.6 Å². The number of carbonyl (C=O) groups is 1. The number of hydrogen-bond acceptors (Lipinski definition) is 3. The van der Waals surface area contributed by atoms with Crippen molar-refractivity contribution >= 4 is 17.5 Å². The Hall–Kier alpha value is -1.55. The molecule has 0 spiro atoms. The summed E-state index contributed by atoms with van der Waals surface area (Å²) in [5, 5.41) is 1.11. The van der Waals surface area contributed by atoms with E-state index in [-0.39, 0.29) is 5.25 Å². The van der Waals surface area contributed by atoms with Gasteiger partial charge in [-0.25, -0.2) is 4.98 Å². The predicted octanol–water partition coefficient (Wildman–Crippen LogP) is 4.35. The van der Waals surface area contributed by atoms with Gasteiger partial charge in [0.25, 0.3) is 0 Å². The smallest absolute Gasteiger partial charge is 0.173 e. The van der Waals surface area contributed by atoms with Crippen molar-refractivity contribution in [3.05, 3.63) is 41.7 Å². The summed E-state index contributed by atoms with van der Waals surface area (Å²) in [6, 6.07) is 10.5. The van der Waals surface area contributed by atoms with Gasteiger partial charge in [0.1, 0.15) is 5.78 Å². The highest BCUT2D eigenvalue weighted by Crippen LogP contribution is 2.35. The zero-order chi connectivity index (χ0) is 15.6. The third kappa shape index (κ3) is 2.97. The number of fused-ring (bicyclic) bond motifs is 1. The molecular formula is C19H22N2OS. The number of aromatic nitrogens is 2. The van der Waals surface area contributed by atoms with Gasteiger partial charge >= 0.3 is 0 Å². The summed E-state index contributed by atoms with van der Waals surface area (Å²) in [6.07, 6.45) is 8.58. The zero-order valence-corrected chi connectivity index (χ0v) is 14.1. The lowest BCUT2D eigenvalue weighted by molar-refractivity contribution is -0.119. The second kappa shape index (κ2) is 6.52. The van der Waals surface area contributed by atoms with Gasteiger partial charge in [-0.3, -0.25) is 9.36 Å². The van der Waals surface area contributed by atoms with Crippen molar-refractivity contribution in [2.75, 3.05) is 0 Å². The molecule has 0 bridgehead atoms. The molecule has 0 amide bonds. The number of Topliss-reactive ketones (excluding diaryl/α,β-unsaturated/α-hetero) is 1. The molecule has 4 rings (SSSR count). The molecule has 120 valence electrons. The summed E-state index contributed by atoms with van der Waals surface area (Å²) in [6.45, 7) is 0. The highest BCUT2D eigenvalue weighted by Gasteiger charge is 2.28. The fourth-order valence-corrected chi connectivity index (χ4v) is 4.91. The first kappa shape index (κ1) is 15.0. The lowest BCUT2D eigenvalue weighted by Gasteiger charge is -2.20. The third-order valence-corrected chi connectivity index (χ3v) is 6.13. The largest absolute Gasteiger partial charge is 0.298 e. The van der Waals surface area contributed by atoms with E-state index in [1.54, 1.807) is 11.8 Å². The number of imidazole rings is 1. The third-order valence-electron chi connectivity index (χ3n) is 4.86. The van der Waals surface area contributed by atoms with Gasteiger partial charge < -0.3 is 0 Å². The van der Waals surface area contributed by atoms with Gasteiger partial charge in [-0.2, -0.15) is 0 Å². The molecule has 1 atom stereocenters. The average molecular weight is 326 g/mol. The Morgan fingerprint density at radius 1 is 1.00 bits per heavy atom. The van der Waals surface area contributed by atoms with E-state index in [2.05, 4.69) is 28.8 Å². The van der Waals surface area contributed by atoms with E-state index in [0.717, 1.165) is 43.7 Å². The Morgan fingerprint density at radius 3 is 2.61 bits per heavy atom. The van der Waals surface area contributed by atoms with E-state index in [9.17, 15) is 4.79 Å². The number of aryl methyl sites for hydroxylation is 1. The Bertz CT molecular complexity index is 708. The Kier molecular flexibility index (Phi) is 4.25. The summed E-state index contributed by atoms with van der Waals surface area (Å²) in [5.41, 5.74) is 3.77. The zero-order valence-electron chi connectivity index (χ0n) is 13.3. The minimum Gasteiger partial charge on any atom is -0.298 e. The summed E-state index contributed by atoms with van der Waals surface area (Å²) in [4.78, 5) is 17.2. The summed E-state index contributed by atoms with van der Waals surface area (Å²) >= 11 is 1.69. The maximum absolute atomic E-state index is 12.2. The monoisotopic (exact) mass is 326 g/mol. The van der Waals surface area contributed by atoms with Gasteiger partial charge in [-0.05, 0) is 50.7 Å². The van der Waals surface area contributed by atoms with Crippen LogP contribution in [0.3, 0.4) is 0 Å². The van der Waals surface area contributed by atoms with Crippen LogP contribution in [0.15, 0.2) is 35.5 Å². The lowest BCUT2D eigenvalue weighted by atomic mass is 9.99. The van der Waals surface area contributed by atoms with E-state index < -0.39 is 0 Å². The maximum Gasteiger partial charge on any atom is 0.173 e. The normalized spacial score (nSPS) is 21.2. The van der Waals surface area contributed by atoms with Crippen molar-refractivity contribution < 1.29 is 4.79 Å². The topological polar surface area (TPSA) is 34.9 Å². The second-order valence-corrected chi connectivity index (χ2v) is 7.65. The van der Waals surface area contributed by atoms with Gasteiger partial charge in [0.05, 0.1) is 10.9 Å². The molecule has 0 radical (unpaired) electrons. The Morgan fingerprint density at radius 2 is 1.78 bits per heavy atom. The van der Waals surface area contributed by atoms with Crippen molar-refractivity contribution in [2.24, 2.45) is 0 Å². The van der Waals surface area contributed by atoms with Crippen molar-refractivity contribution in [1.29, 1.82) is 0 Å². The second-order valence-electron chi connectivity index (χ2n) is 6.48. The van der Waals surface area contributed by atoms with Gasteiger partial charge in [0.15, 0.2) is 5.16 Å². The van der Waals surface area contributed by atoms with Gasteiger partial charge in [0, 0.05) is 17.8 Å². The molecular weight excluding hydrogens is 304 g/mol. The first-order valence-corrected chi connectivity index (χ1v) is 9.56. The highest BCUT2D eigenvalue weighted by atomic mass is 32.2.